The summed E-state index contributed by atoms with van der Waals surface area (Å²) in [5.41, 5.74) is 2.16. The first-order valence-corrected chi connectivity index (χ1v) is 6.91. The van der Waals surface area contributed by atoms with Crippen LogP contribution in [0.4, 0.5) is 0 Å². The number of halogens is 1. The lowest BCUT2D eigenvalue weighted by Crippen LogP contribution is -2.26. The summed E-state index contributed by atoms with van der Waals surface area (Å²) >= 11 is 3.42. The van der Waals surface area contributed by atoms with Crippen LogP contribution >= 0.6 is 15.9 Å². The van der Waals surface area contributed by atoms with Gasteiger partial charge in [-0.15, -0.1) is 0 Å². The zero-order valence-corrected chi connectivity index (χ0v) is 12.2. The van der Waals surface area contributed by atoms with Crippen molar-refractivity contribution in [2.24, 2.45) is 0 Å². The van der Waals surface area contributed by atoms with Crippen LogP contribution in [0.5, 0.6) is 0 Å². The summed E-state index contributed by atoms with van der Waals surface area (Å²) in [4.78, 5) is 0. The Hall–Kier alpha value is -1.12. The summed E-state index contributed by atoms with van der Waals surface area (Å²) < 4.78 is 1.02. The smallest absolute Gasteiger partial charge is 0.114 e. The number of rotatable bonds is 3. The van der Waals surface area contributed by atoms with Gasteiger partial charge in [0.15, 0.2) is 0 Å². The average Bonchev–Trinajstić information content (AvgIpc) is 2.39. The van der Waals surface area contributed by atoms with E-state index in [2.05, 4.69) is 22.9 Å². The molecule has 1 atom stereocenters. The predicted molar refractivity (Wildman–Crippen MR) is 78.6 cm³/mol. The molecule has 0 bridgehead atoms. The zero-order chi connectivity index (χ0) is 13.2. The molecule has 2 rings (SSSR count). The highest BCUT2D eigenvalue weighted by atomic mass is 79.9. The maximum atomic E-state index is 10.9. The molecule has 94 valence electrons. The normalized spacial score (nSPS) is 14.2. The number of aliphatic hydroxyl groups is 1. The molecule has 0 saturated heterocycles. The van der Waals surface area contributed by atoms with Crippen LogP contribution in [0, 0.1) is 6.92 Å². The zero-order valence-electron chi connectivity index (χ0n) is 10.7. The Balaban J connectivity index is 2.47. The van der Waals surface area contributed by atoms with Gasteiger partial charge in [-0.1, -0.05) is 64.8 Å². The van der Waals surface area contributed by atoms with Crippen molar-refractivity contribution in [2.75, 3.05) is 0 Å². The second kappa shape index (κ2) is 5.25. The lowest BCUT2D eigenvalue weighted by molar-refractivity contribution is 0.0765. The maximum absolute atomic E-state index is 10.9. The molecular formula is C16H17BrO. The van der Waals surface area contributed by atoms with Gasteiger partial charge in [-0.2, -0.15) is 0 Å². The van der Waals surface area contributed by atoms with Crippen LogP contribution < -0.4 is 0 Å². The Morgan fingerprint density at radius 3 is 1.83 bits per heavy atom. The fourth-order valence-electron chi connectivity index (χ4n) is 2.13. The highest BCUT2D eigenvalue weighted by Crippen LogP contribution is 2.33. The number of benzene rings is 2. The van der Waals surface area contributed by atoms with Crippen LogP contribution in [0.1, 0.15) is 30.0 Å². The minimum atomic E-state index is -0.908. The van der Waals surface area contributed by atoms with E-state index in [0.717, 1.165) is 15.6 Å². The van der Waals surface area contributed by atoms with Crippen LogP contribution in [0.15, 0.2) is 53.0 Å². The molecule has 18 heavy (non-hydrogen) atoms. The van der Waals surface area contributed by atoms with Gasteiger partial charge >= 0.3 is 0 Å². The van der Waals surface area contributed by atoms with Crippen molar-refractivity contribution >= 4 is 15.9 Å². The van der Waals surface area contributed by atoms with Crippen LogP contribution in [-0.2, 0) is 5.60 Å². The van der Waals surface area contributed by atoms with E-state index in [1.807, 2.05) is 55.5 Å². The molecule has 0 amide bonds. The lowest BCUT2D eigenvalue weighted by atomic mass is 9.84. The van der Waals surface area contributed by atoms with Crippen LogP contribution in [0.2, 0.25) is 0 Å². The Bertz CT molecular complexity index is 468. The lowest BCUT2D eigenvalue weighted by Gasteiger charge is -2.28. The van der Waals surface area contributed by atoms with Crippen LogP contribution in [0.3, 0.4) is 0 Å². The monoisotopic (exact) mass is 304 g/mol. The first-order valence-electron chi connectivity index (χ1n) is 6.12. The minimum Gasteiger partial charge on any atom is -0.380 e. The molecule has 1 N–H and O–H groups in total. The summed E-state index contributed by atoms with van der Waals surface area (Å²) in [6.07, 6.45) is 0.650. The topological polar surface area (TPSA) is 20.2 Å². The molecule has 0 radical (unpaired) electrons. The third kappa shape index (κ3) is 2.50. The van der Waals surface area contributed by atoms with E-state index < -0.39 is 5.60 Å². The van der Waals surface area contributed by atoms with Crippen molar-refractivity contribution in [1.82, 2.24) is 0 Å². The molecule has 0 heterocycles. The van der Waals surface area contributed by atoms with E-state index in [1.165, 1.54) is 5.56 Å². The molecule has 2 aromatic carbocycles. The van der Waals surface area contributed by atoms with Gasteiger partial charge in [0.2, 0.25) is 0 Å². The first-order chi connectivity index (χ1) is 8.56. The maximum Gasteiger partial charge on any atom is 0.114 e. The summed E-state index contributed by atoms with van der Waals surface area (Å²) in [5.74, 6) is 0. The van der Waals surface area contributed by atoms with E-state index in [-0.39, 0.29) is 0 Å². The molecule has 0 aliphatic heterocycles. The SMILES string of the molecule is CCC(O)(c1ccc(C)cc1)c1ccc(Br)cc1. The van der Waals surface area contributed by atoms with Crippen LogP contribution in [-0.4, -0.2) is 5.11 Å². The van der Waals surface area contributed by atoms with Crippen molar-refractivity contribution in [2.45, 2.75) is 25.9 Å². The fraction of sp³-hybridized carbons (Fsp3) is 0.250. The molecule has 2 heteroatoms. The molecule has 1 unspecified atom stereocenters. The predicted octanol–water partition coefficient (Wildman–Crippen LogP) is 4.40. The Kier molecular flexibility index (Phi) is 3.88. The molecule has 0 fully saturated rings. The van der Waals surface area contributed by atoms with Crippen molar-refractivity contribution in [1.29, 1.82) is 0 Å². The second-order valence-corrected chi connectivity index (χ2v) is 5.50. The van der Waals surface area contributed by atoms with Gasteiger partial charge in [-0.05, 0) is 36.6 Å². The molecule has 0 aromatic heterocycles. The van der Waals surface area contributed by atoms with Crippen molar-refractivity contribution in [3.8, 4) is 0 Å². The van der Waals surface area contributed by atoms with Gasteiger partial charge in [0.05, 0.1) is 0 Å². The van der Waals surface area contributed by atoms with Gasteiger partial charge in [0.1, 0.15) is 5.60 Å². The van der Waals surface area contributed by atoms with Crippen molar-refractivity contribution < 1.29 is 5.11 Å². The molecule has 1 nitrogen and oxygen atoms in total. The first kappa shape index (κ1) is 13.3. The Labute approximate surface area is 117 Å². The number of hydrogen-bond donors (Lipinski definition) is 1. The van der Waals surface area contributed by atoms with E-state index in [1.54, 1.807) is 0 Å². The van der Waals surface area contributed by atoms with E-state index >= 15 is 0 Å². The van der Waals surface area contributed by atoms with E-state index in [9.17, 15) is 5.11 Å². The summed E-state index contributed by atoms with van der Waals surface area (Å²) in [7, 11) is 0. The van der Waals surface area contributed by atoms with Gasteiger partial charge < -0.3 is 5.11 Å². The molecular weight excluding hydrogens is 288 g/mol. The highest BCUT2D eigenvalue weighted by molar-refractivity contribution is 9.10. The van der Waals surface area contributed by atoms with Crippen LogP contribution in [0.25, 0.3) is 0 Å². The number of hydrogen-bond acceptors (Lipinski definition) is 1. The largest absolute Gasteiger partial charge is 0.380 e. The van der Waals surface area contributed by atoms with Gasteiger partial charge in [0, 0.05) is 4.47 Å². The summed E-state index contributed by atoms with van der Waals surface area (Å²) in [6.45, 7) is 4.05. The van der Waals surface area contributed by atoms with E-state index in [4.69, 9.17) is 0 Å². The van der Waals surface area contributed by atoms with Crippen molar-refractivity contribution in [3.05, 3.63) is 69.7 Å². The second-order valence-electron chi connectivity index (χ2n) is 4.59. The third-order valence-corrected chi connectivity index (χ3v) is 3.89. The van der Waals surface area contributed by atoms with Gasteiger partial charge in [-0.25, -0.2) is 0 Å². The molecule has 0 aliphatic carbocycles. The molecule has 0 saturated carbocycles. The summed E-state index contributed by atoms with van der Waals surface area (Å²) in [6, 6.07) is 15.9. The standard InChI is InChI=1S/C16H17BrO/c1-3-16(18,13-6-4-12(2)5-7-13)14-8-10-15(17)11-9-14/h4-11,18H,3H2,1-2H3. The minimum absolute atomic E-state index is 0.650. The van der Waals surface area contributed by atoms with Gasteiger partial charge in [0.25, 0.3) is 0 Å². The Morgan fingerprint density at radius 2 is 1.39 bits per heavy atom. The molecule has 2 aromatic rings. The molecule has 0 aliphatic rings. The Morgan fingerprint density at radius 1 is 0.944 bits per heavy atom. The number of aryl methyl sites for hydroxylation is 1. The van der Waals surface area contributed by atoms with E-state index in [0.29, 0.717) is 6.42 Å². The fourth-order valence-corrected chi connectivity index (χ4v) is 2.39. The third-order valence-electron chi connectivity index (χ3n) is 3.36. The average molecular weight is 305 g/mol. The van der Waals surface area contributed by atoms with Crippen molar-refractivity contribution in [3.63, 3.8) is 0 Å². The quantitative estimate of drug-likeness (QED) is 0.891. The summed E-state index contributed by atoms with van der Waals surface area (Å²) in [5, 5.41) is 10.9. The molecule has 0 spiro atoms. The highest BCUT2D eigenvalue weighted by Gasteiger charge is 2.29. The van der Waals surface area contributed by atoms with Gasteiger partial charge in [-0.3, -0.25) is 0 Å².